The molecule has 2 aromatic carbocycles. The summed E-state index contributed by atoms with van der Waals surface area (Å²) in [5, 5.41) is 24.3. The zero-order valence-electron chi connectivity index (χ0n) is 24.7. The fourth-order valence-corrected chi connectivity index (χ4v) is 5.71. The van der Waals surface area contributed by atoms with Gasteiger partial charge in [0, 0.05) is 12.6 Å². The molecule has 0 fully saturated rings. The number of H-pyrrole nitrogens is 2. The Morgan fingerprint density at radius 3 is 1.67 bits per heavy atom. The second kappa shape index (κ2) is 13.7. The van der Waals surface area contributed by atoms with Crippen LogP contribution in [0.2, 0.25) is 0 Å². The van der Waals surface area contributed by atoms with Crippen LogP contribution in [0.4, 0.5) is 0 Å². The van der Waals surface area contributed by atoms with E-state index in [1.807, 2.05) is 62.1 Å². The normalized spacial score (nSPS) is 12.4. The molecular formula is C31H31N9O3S2. The van der Waals surface area contributed by atoms with E-state index in [0.717, 1.165) is 10.9 Å². The van der Waals surface area contributed by atoms with Gasteiger partial charge in [-0.2, -0.15) is 10.2 Å². The SMILES string of the molecule is CCN(C(=O)C(c1ccccc1)n1cnc2[nH]ncc2c1=S)C(C)C.O=C(O)C(c1ccccc1)n1cnc2[nH]ncc2c1=S. The van der Waals surface area contributed by atoms with E-state index < -0.39 is 18.1 Å². The van der Waals surface area contributed by atoms with Gasteiger partial charge in [-0.1, -0.05) is 85.1 Å². The van der Waals surface area contributed by atoms with Crippen molar-refractivity contribution < 1.29 is 14.7 Å². The van der Waals surface area contributed by atoms with Crippen LogP contribution in [0.25, 0.3) is 22.1 Å². The van der Waals surface area contributed by atoms with Crippen LogP contribution in [0.15, 0.2) is 85.7 Å². The average Bonchev–Trinajstić information content (AvgIpc) is 3.72. The predicted molar refractivity (Wildman–Crippen MR) is 175 cm³/mol. The lowest BCUT2D eigenvalue weighted by Crippen LogP contribution is -2.42. The summed E-state index contributed by atoms with van der Waals surface area (Å²) in [4.78, 5) is 35.3. The van der Waals surface area contributed by atoms with Crippen molar-refractivity contribution in [2.45, 2.75) is 38.9 Å². The van der Waals surface area contributed by atoms with Crippen LogP contribution < -0.4 is 0 Å². The third-order valence-electron chi connectivity index (χ3n) is 7.29. The smallest absolute Gasteiger partial charge is 0.331 e. The van der Waals surface area contributed by atoms with Crippen LogP contribution >= 0.6 is 24.4 Å². The Kier molecular flexibility index (Phi) is 9.54. The fraction of sp³-hybridized carbons (Fsp3) is 0.226. The van der Waals surface area contributed by atoms with Gasteiger partial charge in [0.05, 0.1) is 35.8 Å². The standard InChI is InChI=1S/C18H21N5OS.C13H10N4O2S/c1-4-22(12(2)3)17(24)15(13-8-6-5-7-9-13)23-11-19-16-14(18(23)25)10-20-21-16;18-13(19)10(8-4-2-1-3-5-8)17-7-14-11-9(12(17)20)6-15-16-11/h5-12,15H,4H2,1-3H3,(H,20,21);1-7,10H,(H,15,16)(H,18,19). The van der Waals surface area contributed by atoms with Crippen molar-refractivity contribution >= 4 is 58.4 Å². The van der Waals surface area contributed by atoms with Gasteiger partial charge in [-0.3, -0.25) is 15.0 Å². The number of carbonyl (C=O) groups is 2. The zero-order valence-corrected chi connectivity index (χ0v) is 26.4. The number of carboxylic acid groups (broad SMARTS) is 1. The first-order chi connectivity index (χ1) is 21.7. The summed E-state index contributed by atoms with van der Waals surface area (Å²) in [7, 11) is 0. The first-order valence-corrected chi connectivity index (χ1v) is 15.0. The van der Waals surface area contributed by atoms with E-state index in [2.05, 4.69) is 30.4 Å². The summed E-state index contributed by atoms with van der Waals surface area (Å²) in [6, 6.07) is 17.2. The topological polar surface area (TPSA) is 151 Å². The van der Waals surface area contributed by atoms with Gasteiger partial charge in [0.1, 0.15) is 15.3 Å². The van der Waals surface area contributed by atoms with Gasteiger partial charge in [0.2, 0.25) is 0 Å². The molecule has 2 atom stereocenters. The highest BCUT2D eigenvalue weighted by atomic mass is 32.1. The number of aliphatic carboxylic acids is 1. The summed E-state index contributed by atoms with van der Waals surface area (Å²) in [5.41, 5.74) is 2.69. The van der Waals surface area contributed by atoms with Gasteiger partial charge in [-0.25, -0.2) is 14.8 Å². The van der Waals surface area contributed by atoms with E-state index in [9.17, 15) is 14.7 Å². The van der Waals surface area contributed by atoms with Crippen LogP contribution in [0.5, 0.6) is 0 Å². The first-order valence-electron chi connectivity index (χ1n) is 14.2. The molecule has 0 aliphatic carbocycles. The summed E-state index contributed by atoms with van der Waals surface area (Å²) < 4.78 is 4.15. The molecule has 230 valence electrons. The Morgan fingerprint density at radius 1 is 0.800 bits per heavy atom. The lowest BCUT2D eigenvalue weighted by atomic mass is 10.0. The molecule has 6 rings (SSSR count). The third kappa shape index (κ3) is 6.42. The average molecular weight is 642 g/mol. The van der Waals surface area contributed by atoms with Gasteiger partial charge >= 0.3 is 5.97 Å². The highest BCUT2D eigenvalue weighted by Crippen LogP contribution is 2.25. The number of carbonyl (C=O) groups excluding carboxylic acids is 1. The molecule has 3 N–H and O–H groups in total. The second-order valence-corrected chi connectivity index (χ2v) is 11.1. The van der Waals surface area contributed by atoms with Crippen LogP contribution in [0.3, 0.4) is 0 Å². The number of amides is 1. The van der Waals surface area contributed by atoms with Gasteiger partial charge in [-0.05, 0) is 31.9 Å². The maximum atomic E-state index is 13.4. The number of hydrogen-bond acceptors (Lipinski definition) is 8. The molecule has 0 aliphatic rings. The lowest BCUT2D eigenvalue weighted by Gasteiger charge is -2.31. The minimum absolute atomic E-state index is 0.00412. The van der Waals surface area contributed by atoms with Crippen LogP contribution in [-0.4, -0.2) is 74.0 Å². The monoisotopic (exact) mass is 641 g/mol. The van der Waals surface area contributed by atoms with Gasteiger partial charge in [0.15, 0.2) is 17.3 Å². The Balaban J connectivity index is 0.000000182. The third-order valence-corrected chi connectivity index (χ3v) is 8.15. The minimum atomic E-state index is -0.989. The van der Waals surface area contributed by atoms with Crippen molar-refractivity contribution in [3.05, 3.63) is 106 Å². The molecule has 2 unspecified atom stereocenters. The van der Waals surface area contributed by atoms with Crippen LogP contribution in [0, 0.1) is 9.28 Å². The Hall–Kier alpha value is -5.08. The number of benzene rings is 2. The number of rotatable bonds is 8. The quantitative estimate of drug-likeness (QED) is 0.183. The van der Waals surface area contributed by atoms with Gasteiger partial charge < -0.3 is 19.1 Å². The van der Waals surface area contributed by atoms with Crippen LogP contribution in [0.1, 0.15) is 44.0 Å². The summed E-state index contributed by atoms with van der Waals surface area (Å²) in [6.45, 7) is 6.64. The number of nitrogens with one attached hydrogen (secondary N) is 2. The summed E-state index contributed by atoms with van der Waals surface area (Å²) in [6.07, 6.45) is 6.24. The molecule has 0 aliphatic heterocycles. The highest BCUT2D eigenvalue weighted by Gasteiger charge is 2.29. The number of aromatic nitrogens is 8. The van der Waals surface area contributed by atoms with E-state index in [0.29, 0.717) is 38.1 Å². The molecule has 0 spiro atoms. The van der Waals surface area contributed by atoms with E-state index >= 15 is 0 Å². The zero-order chi connectivity index (χ0) is 32.1. The number of likely N-dealkylation sites (N-methyl/N-ethyl adjacent to an activating group) is 1. The van der Waals surface area contributed by atoms with Crippen molar-refractivity contribution in [3.8, 4) is 0 Å². The molecule has 1 amide bonds. The molecule has 45 heavy (non-hydrogen) atoms. The molecular weight excluding hydrogens is 611 g/mol. The molecule has 0 bridgehead atoms. The van der Waals surface area contributed by atoms with Gasteiger partial charge in [0.25, 0.3) is 5.91 Å². The molecule has 0 radical (unpaired) electrons. The molecule has 4 aromatic heterocycles. The van der Waals surface area contributed by atoms with Crippen molar-refractivity contribution in [3.63, 3.8) is 0 Å². The molecule has 0 saturated carbocycles. The second-order valence-electron chi connectivity index (χ2n) is 10.4. The number of fused-ring (bicyclic) bond motifs is 2. The lowest BCUT2D eigenvalue weighted by molar-refractivity contribution is -0.139. The number of carboxylic acids is 1. The summed E-state index contributed by atoms with van der Waals surface area (Å²) >= 11 is 11.0. The van der Waals surface area contributed by atoms with E-state index in [1.165, 1.54) is 10.9 Å². The summed E-state index contributed by atoms with van der Waals surface area (Å²) in [5.74, 6) is -0.985. The van der Waals surface area contributed by atoms with Crippen molar-refractivity contribution in [2.24, 2.45) is 0 Å². The Bertz CT molecular complexity index is 2050. The van der Waals surface area contributed by atoms with Crippen LogP contribution in [-0.2, 0) is 9.59 Å². The van der Waals surface area contributed by atoms with Crippen molar-refractivity contribution in [1.82, 2.24) is 44.4 Å². The first kappa shape index (κ1) is 31.3. The molecule has 0 saturated heterocycles. The maximum absolute atomic E-state index is 13.4. The van der Waals surface area contributed by atoms with E-state index in [4.69, 9.17) is 24.4 Å². The number of aromatic amines is 2. The molecule has 6 aromatic rings. The number of nitrogens with zero attached hydrogens (tertiary/aromatic N) is 7. The minimum Gasteiger partial charge on any atom is -0.479 e. The Labute approximate surface area is 268 Å². The van der Waals surface area contributed by atoms with Gasteiger partial charge in [-0.15, -0.1) is 0 Å². The fourth-order valence-electron chi connectivity index (χ4n) is 5.11. The number of hydrogen-bond donors (Lipinski definition) is 3. The molecule has 14 heteroatoms. The molecule has 12 nitrogen and oxygen atoms in total. The van der Waals surface area contributed by atoms with Crippen molar-refractivity contribution in [1.29, 1.82) is 0 Å². The highest BCUT2D eigenvalue weighted by molar-refractivity contribution is 7.71. The van der Waals surface area contributed by atoms with E-state index in [1.54, 1.807) is 47.6 Å². The predicted octanol–water partition coefficient (Wildman–Crippen LogP) is 5.50. The van der Waals surface area contributed by atoms with E-state index in [-0.39, 0.29) is 11.9 Å². The molecule has 4 heterocycles. The maximum Gasteiger partial charge on any atom is 0.331 e. The Morgan fingerprint density at radius 2 is 1.24 bits per heavy atom. The van der Waals surface area contributed by atoms with Crippen molar-refractivity contribution in [2.75, 3.05) is 6.54 Å². The largest absolute Gasteiger partial charge is 0.479 e.